The lowest BCUT2D eigenvalue weighted by atomic mass is 9.99. The van der Waals surface area contributed by atoms with Crippen molar-refractivity contribution in [3.63, 3.8) is 0 Å². The molecule has 3 unspecified atom stereocenters. The van der Waals surface area contributed by atoms with Gasteiger partial charge in [0.25, 0.3) is 0 Å². The van der Waals surface area contributed by atoms with Gasteiger partial charge < -0.3 is 9.53 Å². The van der Waals surface area contributed by atoms with Crippen molar-refractivity contribution in [3.05, 3.63) is 70.1 Å². The van der Waals surface area contributed by atoms with E-state index in [1.54, 1.807) is 0 Å². The zero-order chi connectivity index (χ0) is 24.5. The zero-order valence-electron chi connectivity index (χ0n) is 21.8. The van der Waals surface area contributed by atoms with E-state index in [1.165, 1.54) is 76.8 Å². The predicted molar refractivity (Wildman–Crippen MR) is 154 cm³/mol. The van der Waals surface area contributed by atoms with Crippen molar-refractivity contribution in [1.82, 2.24) is 4.90 Å². The highest BCUT2D eigenvalue weighted by Gasteiger charge is 2.40. The Morgan fingerprint density at radius 1 is 1.00 bits per heavy atom. The van der Waals surface area contributed by atoms with Crippen LogP contribution in [-0.4, -0.2) is 36.4 Å². The average Bonchev–Trinajstić information content (AvgIpc) is 3.26. The molecular weight excluding hydrogens is 466 g/mol. The number of unbranched alkanes of at least 4 members (excludes halogenated alkanes) is 1. The fraction of sp³-hybridized carbons (Fsp3) is 0.516. The number of ether oxygens (including phenoxy) is 1. The van der Waals surface area contributed by atoms with Crippen LogP contribution in [0.25, 0.3) is 10.1 Å². The summed E-state index contributed by atoms with van der Waals surface area (Å²) in [5.74, 6) is 0.884. The lowest BCUT2D eigenvalue weighted by Crippen LogP contribution is -2.20. The van der Waals surface area contributed by atoms with Gasteiger partial charge in [-0.3, -0.25) is 10.4 Å². The summed E-state index contributed by atoms with van der Waals surface area (Å²) in [6.45, 7) is 14.1. The third-order valence-electron chi connectivity index (χ3n) is 6.72. The van der Waals surface area contributed by atoms with Crippen molar-refractivity contribution < 1.29 is 15.0 Å². The molecule has 2 aliphatic heterocycles. The molecule has 1 aromatic heterocycles. The molecule has 0 spiro atoms. The number of thiophene rings is 1. The van der Waals surface area contributed by atoms with Crippen molar-refractivity contribution in [1.29, 1.82) is 0 Å². The number of fused-ring (bicyclic) bond motifs is 1. The Balaban J connectivity index is 0.00000103. The maximum absolute atomic E-state index is 8.00. The number of likely N-dealkylation sites (tertiary alicyclic amines) is 1. The minimum Gasteiger partial charge on any atom is -0.364 e. The van der Waals surface area contributed by atoms with Crippen LogP contribution in [-0.2, 0) is 16.1 Å². The largest absolute Gasteiger partial charge is 0.364 e. The monoisotopic (exact) mass is 512 g/mol. The summed E-state index contributed by atoms with van der Waals surface area (Å²) in [6.07, 6.45) is 7.45. The SMILES string of the molecule is C.C=O.CC.Cc1cc(C)cc(CN2CCC(CCCCC3OC3c3cc4ccccc4s3)C2)c1.[OH]. The maximum atomic E-state index is 8.00. The standard InChI is InChI=1S/C27H33NOS.C2H6.CH2O.CH4.HO/c1-19-13-20(2)15-22(14-19)18-28-12-11-21(17-28)7-3-5-9-24-27(29-24)26-16-23-8-4-6-10-25(23)30-26;2*1-2;;/h4,6,8,10,13-16,21,24,27H,3,5,7,9,11-12,17-18H2,1-2H3;1-2H3;1H2;1H4;1H. The Morgan fingerprint density at radius 3 is 2.36 bits per heavy atom. The van der Waals surface area contributed by atoms with Crippen LogP contribution in [0.5, 0.6) is 0 Å². The molecule has 0 bridgehead atoms. The van der Waals surface area contributed by atoms with Gasteiger partial charge in [-0.05, 0) is 68.7 Å². The lowest BCUT2D eigenvalue weighted by Gasteiger charge is -2.17. The van der Waals surface area contributed by atoms with Crippen LogP contribution in [0.4, 0.5) is 0 Å². The van der Waals surface area contributed by atoms with Gasteiger partial charge in [0.05, 0.1) is 6.10 Å². The van der Waals surface area contributed by atoms with Gasteiger partial charge in [-0.2, -0.15) is 0 Å². The van der Waals surface area contributed by atoms with E-state index < -0.39 is 0 Å². The summed E-state index contributed by atoms with van der Waals surface area (Å²) in [7, 11) is 0. The highest BCUT2D eigenvalue weighted by Crippen LogP contribution is 2.46. The topological polar surface area (TPSA) is 62.8 Å². The number of carbonyl (C=O) groups excluding carboxylic acids is 1. The van der Waals surface area contributed by atoms with Crippen LogP contribution >= 0.6 is 11.3 Å². The van der Waals surface area contributed by atoms with Crippen LogP contribution in [0.3, 0.4) is 0 Å². The molecule has 5 rings (SSSR count). The van der Waals surface area contributed by atoms with E-state index in [0.717, 1.165) is 12.5 Å². The molecule has 0 amide bonds. The predicted octanol–water partition coefficient (Wildman–Crippen LogP) is 8.34. The number of benzene rings is 2. The first-order valence-electron chi connectivity index (χ1n) is 12.9. The molecule has 0 saturated carbocycles. The van der Waals surface area contributed by atoms with Crippen molar-refractivity contribution in [2.45, 2.75) is 86.0 Å². The number of hydrogen-bond acceptors (Lipinski definition) is 4. The summed E-state index contributed by atoms with van der Waals surface area (Å²) in [4.78, 5) is 12.1. The number of nitrogens with zero attached hydrogens (tertiary/aromatic N) is 1. The molecule has 2 saturated heterocycles. The number of rotatable bonds is 8. The van der Waals surface area contributed by atoms with Gasteiger partial charge in [-0.1, -0.05) is 81.6 Å². The van der Waals surface area contributed by atoms with Gasteiger partial charge in [0.15, 0.2) is 0 Å². The van der Waals surface area contributed by atoms with Crippen LogP contribution in [0, 0.1) is 19.8 Å². The molecule has 5 heteroatoms. The zero-order valence-corrected chi connectivity index (χ0v) is 22.7. The maximum Gasteiger partial charge on any atom is 0.118 e. The van der Waals surface area contributed by atoms with Crippen LogP contribution in [0.1, 0.15) is 81.0 Å². The highest BCUT2D eigenvalue weighted by molar-refractivity contribution is 7.19. The second-order valence-electron chi connectivity index (χ2n) is 9.45. The number of epoxide rings is 1. The van der Waals surface area contributed by atoms with Gasteiger partial charge in [0.1, 0.15) is 12.9 Å². The van der Waals surface area contributed by atoms with Crippen molar-refractivity contribution in [2.75, 3.05) is 13.1 Å². The van der Waals surface area contributed by atoms with E-state index in [-0.39, 0.29) is 12.9 Å². The number of hydrogen-bond donors (Lipinski definition) is 1. The molecule has 0 aliphatic carbocycles. The fourth-order valence-electron chi connectivity index (χ4n) is 5.24. The van der Waals surface area contributed by atoms with Crippen molar-refractivity contribution in [2.24, 2.45) is 5.92 Å². The second kappa shape index (κ2) is 15.9. The quantitative estimate of drug-likeness (QED) is 0.244. The van der Waals surface area contributed by atoms with Gasteiger partial charge in [-0.15, -0.1) is 11.3 Å². The normalized spacial score (nSPS) is 20.3. The molecule has 1 radical (unpaired) electrons. The molecule has 2 fully saturated rings. The Morgan fingerprint density at radius 2 is 1.67 bits per heavy atom. The first-order valence-corrected chi connectivity index (χ1v) is 13.7. The molecule has 2 aliphatic rings. The highest BCUT2D eigenvalue weighted by atomic mass is 32.1. The summed E-state index contributed by atoms with van der Waals surface area (Å²) in [5, 5.41) is 1.36. The van der Waals surface area contributed by atoms with Crippen molar-refractivity contribution in [3.8, 4) is 0 Å². The van der Waals surface area contributed by atoms with Gasteiger partial charge in [0, 0.05) is 22.7 Å². The molecule has 3 aromatic rings. The molecule has 36 heavy (non-hydrogen) atoms. The van der Waals surface area contributed by atoms with E-state index in [2.05, 4.69) is 67.3 Å². The average molecular weight is 513 g/mol. The third kappa shape index (κ3) is 8.81. The molecule has 2 aromatic carbocycles. The van der Waals surface area contributed by atoms with Crippen LogP contribution < -0.4 is 0 Å². The molecule has 4 nitrogen and oxygen atoms in total. The van der Waals surface area contributed by atoms with Crippen molar-refractivity contribution >= 4 is 28.2 Å². The Kier molecular flexibility index (Phi) is 14.2. The summed E-state index contributed by atoms with van der Waals surface area (Å²) in [6, 6.07) is 18.0. The Labute approximate surface area is 223 Å². The smallest absolute Gasteiger partial charge is 0.118 e. The summed E-state index contributed by atoms with van der Waals surface area (Å²) < 4.78 is 7.39. The Hall–Kier alpha value is -2.05. The van der Waals surface area contributed by atoms with E-state index in [1.807, 2.05) is 32.0 Å². The van der Waals surface area contributed by atoms with Gasteiger partial charge >= 0.3 is 0 Å². The first kappa shape index (κ1) is 32.0. The van der Waals surface area contributed by atoms with E-state index >= 15 is 0 Å². The van der Waals surface area contributed by atoms with E-state index in [0.29, 0.717) is 12.2 Å². The number of aryl methyl sites for hydroxylation is 2. The third-order valence-corrected chi connectivity index (χ3v) is 7.89. The Bertz CT molecular complexity index is 980. The lowest BCUT2D eigenvalue weighted by molar-refractivity contribution is -0.0980. The van der Waals surface area contributed by atoms with Crippen LogP contribution in [0.15, 0.2) is 48.5 Å². The molecule has 3 heterocycles. The first-order chi connectivity index (χ1) is 16.6. The minimum absolute atomic E-state index is 0. The summed E-state index contributed by atoms with van der Waals surface area (Å²) in [5.41, 5.74) is 4.25. The second-order valence-corrected chi connectivity index (χ2v) is 10.6. The van der Waals surface area contributed by atoms with Gasteiger partial charge in [-0.25, -0.2) is 0 Å². The van der Waals surface area contributed by atoms with Gasteiger partial charge in [0.2, 0.25) is 0 Å². The fourth-order valence-corrected chi connectivity index (χ4v) is 6.40. The molecule has 3 atom stereocenters. The molecular formula is C31H46NO3S. The van der Waals surface area contributed by atoms with E-state index in [4.69, 9.17) is 9.53 Å². The number of carbonyl (C=O) groups is 1. The van der Waals surface area contributed by atoms with E-state index in [9.17, 15) is 0 Å². The summed E-state index contributed by atoms with van der Waals surface area (Å²) >= 11 is 1.90. The minimum atomic E-state index is 0. The van der Waals surface area contributed by atoms with Crippen LogP contribution in [0.2, 0.25) is 0 Å². The molecule has 1 N–H and O–H groups in total. The molecule has 199 valence electrons.